The summed E-state index contributed by atoms with van der Waals surface area (Å²) in [6.07, 6.45) is 12.2. The Hall–Kier alpha value is -6.07. The number of aryl methyl sites for hydroxylation is 3. The number of ketones is 1. The summed E-state index contributed by atoms with van der Waals surface area (Å²) < 4.78 is 6.42. The van der Waals surface area contributed by atoms with E-state index in [-0.39, 0.29) is 17.4 Å². The Bertz CT molecular complexity index is 2740. The summed E-state index contributed by atoms with van der Waals surface area (Å²) >= 11 is 0. The molecule has 0 saturated carbocycles. The lowest BCUT2D eigenvalue weighted by Crippen LogP contribution is -2.49. The monoisotopic (exact) mass is 892 g/mol. The average Bonchev–Trinajstić information content (AvgIpc) is 3.32. The summed E-state index contributed by atoms with van der Waals surface area (Å²) in [6, 6.07) is 49.7. The predicted molar refractivity (Wildman–Crippen MR) is 273 cm³/mol. The molecule has 2 aliphatic heterocycles. The number of hydrogen-bond acceptors (Lipinski definition) is 4. The molecule has 1 aliphatic carbocycles. The van der Waals surface area contributed by atoms with Gasteiger partial charge in [0.15, 0.2) is 5.78 Å². The van der Waals surface area contributed by atoms with Gasteiger partial charge in [0.1, 0.15) is 48.5 Å². The zero-order valence-corrected chi connectivity index (χ0v) is 40.2. The van der Waals surface area contributed by atoms with Gasteiger partial charge in [0.2, 0.25) is 0 Å². The fraction of sp³-hybridized carbons (Fsp3) is 0.241. The minimum atomic E-state index is -2.35. The Labute approximate surface area is 386 Å². The fourth-order valence-corrected chi connectivity index (χ4v) is 18.1. The molecule has 0 bridgehead atoms. The number of ether oxygens (including phenoxy) is 1. The highest BCUT2D eigenvalue weighted by Gasteiger charge is 2.45. The van der Waals surface area contributed by atoms with E-state index >= 15 is 0 Å². The van der Waals surface area contributed by atoms with Crippen LogP contribution >= 0.6 is 7.26 Å². The van der Waals surface area contributed by atoms with E-state index < -0.39 is 15.3 Å². The second kappa shape index (κ2) is 18.4. The molecule has 6 aromatic carbocycles. The molecular formula is C58H59NO4PSi+. The van der Waals surface area contributed by atoms with Gasteiger partial charge in [0, 0.05) is 18.7 Å². The number of allylic oxidation sites excluding steroid dienone is 5. The molecule has 0 unspecified atom stereocenters. The summed E-state index contributed by atoms with van der Waals surface area (Å²) in [5.74, 6) is 2.39. The van der Waals surface area contributed by atoms with Crippen LogP contribution in [0.5, 0.6) is 17.2 Å². The zero-order valence-electron chi connectivity index (χ0n) is 38.3. The smallest absolute Gasteiger partial charge is 0.253 e. The largest absolute Gasteiger partial charge is 0.507 e. The number of phenolic OH excluding ortho intramolecular Hbond substituents is 1. The van der Waals surface area contributed by atoms with Crippen LogP contribution in [0.25, 0.3) is 5.57 Å². The van der Waals surface area contributed by atoms with Crippen molar-refractivity contribution in [2.75, 3.05) is 19.3 Å². The number of carbonyl (C=O) groups is 2. The molecule has 65 heavy (non-hydrogen) atoms. The fourth-order valence-electron chi connectivity index (χ4n) is 10.6. The first kappa shape index (κ1) is 44.1. The molecule has 328 valence electrons. The minimum Gasteiger partial charge on any atom is -0.507 e. The quantitative estimate of drug-likeness (QED) is 0.0755. The number of aromatic hydroxyl groups is 1. The first-order valence-corrected chi connectivity index (χ1v) is 28.2. The van der Waals surface area contributed by atoms with Crippen molar-refractivity contribution in [3.63, 3.8) is 0 Å². The normalized spacial score (nSPS) is 15.9. The molecule has 9 rings (SSSR count). The second-order valence-corrected chi connectivity index (χ2v) is 26.7. The van der Waals surface area contributed by atoms with E-state index in [1.165, 1.54) is 33.9 Å². The lowest BCUT2D eigenvalue weighted by atomic mass is 9.87. The molecule has 3 aliphatic rings. The molecule has 0 aromatic heterocycles. The van der Waals surface area contributed by atoms with Gasteiger partial charge in [0.25, 0.3) is 5.91 Å². The number of rotatable bonds is 12. The molecule has 1 N–H and O–H groups in total. The van der Waals surface area contributed by atoms with Gasteiger partial charge in [-0.1, -0.05) is 92.3 Å². The third-order valence-corrected chi connectivity index (χ3v) is 22.2. The van der Waals surface area contributed by atoms with E-state index in [0.717, 1.165) is 88.2 Å². The topological polar surface area (TPSA) is 66.8 Å². The first-order chi connectivity index (χ1) is 31.4. The van der Waals surface area contributed by atoms with Crippen molar-refractivity contribution < 1.29 is 19.4 Å². The van der Waals surface area contributed by atoms with Crippen molar-refractivity contribution in [3.8, 4) is 17.2 Å². The van der Waals surface area contributed by atoms with Gasteiger partial charge in [0.05, 0.1) is 6.16 Å². The van der Waals surface area contributed by atoms with Crippen LogP contribution in [0.1, 0.15) is 70.3 Å². The van der Waals surface area contributed by atoms with E-state index in [1.807, 2.05) is 50.3 Å². The number of nitrogens with zero attached hydrogens (tertiary/aromatic N) is 1. The zero-order chi connectivity index (χ0) is 45.3. The van der Waals surface area contributed by atoms with Crippen LogP contribution in [0.2, 0.25) is 13.1 Å². The van der Waals surface area contributed by atoms with Crippen LogP contribution in [0.3, 0.4) is 0 Å². The van der Waals surface area contributed by atoms with Gasteiger partial charge in [-0.15, -0.1) is 0 Å². The van der Waals surface area contributed by atoms with E-state index in [4.69, 9.17) is 4.74 Å². The van der Waals surface area contributed by atoms with Crippen molar-refractivity contribution in [1.82, 2.24) is 4.90 Å². The number of piperidine rings is 1. The Morgan fingerprint density at radius 2 is 1.28 bits per heavy atom. The molecule has 0 spiro atoms. The number of phenols is 1. The van der Waals surface area contributed by atoms with Crippen molar-refractivity contribution >= 4 is 53.7 Å². The SMILES string of the molecule is Cc1cc(C(=O)N2CCC(CCCC[P+](c3ccccc3)(c3ccccc3)c3ccccc3)CC2)ccc1C1=C2C=CC(=O)C=C2[Si](C)(C)c2cc(Oc3cc(C)c(O)c(C)c3)ccc21. The van der Waals surface area contributed by atoms with Crippen molar-refractivity contribution in [2.45, 2.75) is 66.0 Å². The highest BCUT2D eigenvalue weighted by atomic mass is 31.2. The molecular weight excluding hydrogens is 834 g/mol. The van der Waals surface area contributed by atoms with Crippen molar-refractivity contribution in [2.24, 2.45) is 5.92 Å². The van der Waals surface area contributed by atoms with Crippen LogP contribution in [0, 0.1) is 26.7 Å². The van der Waals surface area contributed by atoms with Gasteiger partial charge >= 0.3 is 0 Å². The lowest BCUT2D eigenvalue weighted by molar-refractivity contribution is -0.110. The number of benzene rings is 6. The maximum Gasteiger partial charge on any atom is 0.253 e. The van der Waals surface area contributed by atoms with E-state index in [9.17, 15) is 14.7 Å². The van der Waals surface area contributed by atoms with Crippen LogP contribution in [0.4, 0.5) is 0 Å². The van der Waals surface area contributed by atoms with Gasteiger partial charge in [-0.05, 0) is 187 Å². The van der Waals surface area contributed by atoms with Crippen molar-refractivity contribution in [1.29, 1.82) is 0 Å². The van der Waals surface area contributed by atoms with E-state index in [1.54, 1.807) is 6.08 Å². The van der Waals surface area contributed by atoms with Crippen molar-refractivity contribution in [3.05, 3.63) is 202 Å². The number of hydrogen-bond donors (Lipinski definition) is 1. The first-order valence-electron chi connectivity index (χ1n) is 23.2. The molecule has 0 radical (unpaired) electrons. The summed E-state index contributed by atoms with van der Waals surface area (Å²) in [5, 5.41) is 17.0. The Morgan fingerprint density at radius 3 is 1.86 bits per heavy atom. The third-order valence-electron chi connectivity index (χ3n) is 14.2. The second-order valence-electron chi connectivity index (χ2n) is 18.7. The average molecular weight is 893 g/mol. The number of likely N-dealkylation sites (tertiary alicyclic amines) is 1. The van der Waals surface area contributed by atoms with Crippen LogP contribution < -0.4 is 25.8 Å². The molecule has 6 aromatic rings. The minimum absolute atomic E-state index is 0.00791. The van der Waals surface area contributed by atoms with Crippen LogP contribution in [-0.2, 0) is 4.79 Å². The predicted octanol–water partition coefficient (Wildman–Crippen LogP) is 11.5. The van der Waals surface area contributed by atoms with Crippen LogP contribution in [0.15, 0.2) is 169 Å². The summed E-state index contributed by atoms with van der Waals surface area (Å²) in [6.45, 7) is 12.0. The lowest BCUT2D eigenvalue weighted by Gasteiger charge is -2.38. The van der Waals surface area contributed by atoms with Crippen LogP contribution in [-0.4, -0.2) is 49.0 Å². The Morgan fingerprint density at radius 1 is 0.692 bits per heavy atom. The molecule has 1 fully saturated rings. The maximum absolute atomic E-state index is 14.2. The summed E-state index contributed by atoms with van der Waals surface area (Å²) in [7, 11) is -4.19. The molecule has 0 atom stereocenters. The van der Waals surface area contributed by atoms with E-state index in [2.05, 4.69) is 140 Å². The third kappa shape index (κ3) is 8.63. The highest BCUT2D eigenvalue weighted by Crippen LogP contribution is 2.56. The van der Waals surface area contributed by atoms with Gasteiger partial charge in [-0.2, -0.15) is 0 Å². The standard InChI is InChI=1S/C58H58NO4PSi/c1-40-35-44(24-27-51(40)56-52-28-25-45(60)38-54(52)65(4,5)55-39-46(26-29-53(55)56)63-47-36-41(2)57(61)42(3)37-47)58(62)59-32-30-43(31-33-59)17-15-16-34-64(48-18-9-6-10-19-48,49-20-11-7-12-21-49)50-22-13-8-14-23-50/h6-14,18-29,35-39,43H,15-17,30-34H2,1-5H3/p+1. The summed E-state index contributed by atoms with van der Waals surface area (Å²) in [4.78, 5) is 29.1. The molecule has 7 heteroatoms. The van der Waals surface area contributed by atoms with Gasteiger partial charge < -0.3 is 14.7 Å². The van der Waals surface area contributed by atoms with Gasteiger partial charge in [-0.25, -0.2) is 0 Å². The highest BCUT2D eigenvalue weighted by molar-refractivity contribution is 7.95. The molecule has 1 amide bonds. The number of fused-ring (bicyclic) bond motifs is 2. The summed E-state index contributed by atoms with van der Waals surface area (Å²) in [5.41, 5.74) is 7.64. The molecule has 1 saturated heterocycles. The van der Waals surface area contributed by atoms with E-state index in [0.29, 0.717) is 17.4 Å². The van der Waals surface area contributed by atoms with Gasteiger partial charge in [-0.3, -0.25) is 9.59 Å². The molecule has 2 heterocycles. The Kier molecular flexibility index (Phi) is 12.5. The maximum atomic E-state index is 14.2. The number of amides is 1. The number of unbranched alkanes of at least 4 members (excludes halogenated alkanes) is 1. The molecule has 5 nitrogen and oxygen atoms in total. The Balaban J connectivity index is 0.892. The number of carbonyl (C=O) groups excluding carboxylic acids is 2.